The van der Waals surface area contributed by atoms with Gasteiger partial charge in [-0.15, -0.1) is 0 Å². The fraction of sp³-hybridized carbons (Fsp3) is 0.833. The van der Waals surface area contributed by atoms with E-state index < -0.39 is 6.10 Å². The van der Waals surface area contributed by atoms with E-state index in [1.807, 2.05) is 26.8 Å². The SMILES string of the molecule is CC(C)(C)C(N)CC(=O)N1CCOC(C#N)C1. The van der Waals surface area contributed by atoms with Gasteiger partial charge < -0.3 is 15.4 Å². The second-order valence-corrected chi connectivity index (χ2v) is 5.50. The molecule has 1 fully saturated rings. The van der Waals surface area contributed by atoms with Gasteiger partial charge in [0.05, 0.1) is 19.2 Å². The molecule has 0 bridgehead atoms. The van der Waals surface area contributed by atoms with Crippen molar-refractivity contribution in [1.29, 1.82) is 5.26 Å². The maximum absolute atomic E-state index is 12.0. The zero-order chi connectivity index (χ0) is 13.1. The summed E-state index contributed by atoms with van der Waals surface area (Å²) in [5.41, 5.74) is 5.89. The minimum Gasteiger partial charge on any atom is -0.360 e. The van der Waals surface area contributed by atoms with E-state index in [4.69, 9.17) is 15.7 Å². The zero-order valence-electron chi connectivity index (χ0n) is 10.8. The number of hydrogen-bond acceptors (Lipinski definition) is 4. The van der Waals surface area contributed by atoms with Crippen LogP contribution in [0, 0.1) is 16.7 Å². The summed E-state index contributed by atoms with van der Waals surface area (Å²) in [7, 11) is 0. The largest absolute Gasteiger partial charge is 0.360 e. The first-order chi connectivity index (χ1) is 7.84. The average molecular weight is 239 g/mol. The number of carbonyl (C=O) groups excluding carboxylic acids is 1. The Labute approximate surface area is 103 Å². The minimum absolute atomic E-state index is 0.0102. The average Bonchev–Trinajstić information content (AvgIpc) is 2.27. The molecule has 0 aromatic carbocycles. The van der Waals surface area contributed by atoms with Crippen LogP contribution in [0.15, 0.2) is 0 Å². The third-order valence-electron chi connectivity index (χ3n) is 3.07. The molecule has 2 N–H and O–H groups in total. The molecule has 0 saturated carbocycles. The zero-order valence-corrected chi connectivity index (χ0v) is 10.8. The van der Waals surface area contributed by atoms with Crippen molar-refractivity contribution in [3.05, 3.63) is 0 Å². The number of carbonyl (C=O) groups is 1. The molecule has 1 aliphatic rings. The van der Waals surface area contributed by atoms with E-state index in [-0.39, 0.29) is 17.4 Å². The molecule has 17 heavy (non-hydrogen) atoms. The molecule has 5 heteroatoms. The van der Waals surface area contributed by atoms with Crippen LogP contribution in [0.1, 0.15) is 27.2 Å². The Hall–Kier alpha value is -1.12. The summed E-state index contributed by atoms with van der Waals surface area (Å²) in [6, 6.07) is 1.86. The number of ether oxygens (including phenoxy) is 1. The third kappa shape index (κ3) is 3.99. The van der Waals surface area contributed by atoms with Crippen LogP contribution in [0.4, 0.5) is 0 Å². The van der Waals surface area contributed by atoms with Gasteiger partial charge in [-0.2, -0.15) is 5.26 Å². The number of hydrogen-bond donors (Lipinski definition) is 1. The molecule has 0 aromatic heterocycles. The highest BCUT2D eigenvalue weighted by Gasteiger charge is 2.28. The van der Waals surface area contributed by atoms with Crippen molar-refractivity contribution in [1.82, 2.24) is 4.90 Å². The predicted molar refractivity (Wildman–Crippen MR) is 64.0 cm³/mol. The van der Waals surface area contributed by atoms with Crippen molar-refractivity contribution >= 4 is 5.91 Å². The normalized spacial score (nSPS) is 23.0. The summed E-state index contributed by atoms with van der Waals surface area (Å²) in [6.07, 6.45) is -0.180. The van der Waals surface area contributed by atoms with Crippen molar-refractivity contribution in [3.63, 3.8) is 0 Å². The molecule has 1 saturated heterocycles. The van der Waals surface area contributed by atoms with Gasteiger partial charge >= 0.3 is 0 Å². The van der Waals surface area contributed by atoms with Crippen molar-refractivity contribution in [2.45, 2.75) is 39.3 Å². The molecule has 1 rings (SSSR count). The molecule has 0 radical (unpaired) electrons. The number of rotatable bonds is 2. The van der Waals surface area contributed by atoms with E-state index in [9.17, 15) is 4.79 Å². The van der Waals surface area contributed by atoms with Crippen LogP contribution in [0.25, 0.3) is 0 Å². The lowest BCUT2D eigenvalue weighted by Gasteiger charge is -2.33. The number of morpholine rings is 1. The summed E-state index contributed by atoms with van der Waals surface area (Å²) >= 11 is 0. The van der Waals surface area contributed by atoms with Crippen LogP contribution in [0.2, 0.25) is 0 Å². The predicted octanol–water partition coefficient (Wildman–Crippen LogP) is 0.501. The smallest absolute Gasteiger partial charge is 0.224 e. The van der Waals surface area contributed by atoms with Crippen LogP contribution in [0.3, 0.4) is 0 Å². The second-order valence-electron chi connectivity index (χ2n) is 5.50. The molecule has 1 heterocycles. The lowest BCUT2D eigenvalue weighted by molar-refractivity contribution is -0.137. The Kier molecular flexibility index (Phi) is 4.49. The molecular formula is C12H21N3O2. The summed E-state index contributed by atoms with van der Waals surface area (Å²) < 4.78 is 5.19. The Balaban J connectivity index is 2.51. The van der Waals surface area contributed by atoms with Gasteiger partial charge in [-0.3, -0.25) is 4.79 Å². The van der Waals surface area contributed by atoms with E-state index in [0.717, 1.165) is 0 Å². The van der Waals surface area contributed by atoms with Crippen LogP contribution in [-0.2, 0) is 9.53 Å². The van der Waals surface area contributed by atoms with E-state index in [1.165, 1.54) is 0 Å². The van der Waals surface area contributed by atoms with Gasteiger partial charge in [0.2, 0.25) is 5.91 Å². The van der Waals surface area contributed by atoms with Crippen LogP contribution >= 0.6 is 0 Å². The maximum atomic E-state index is 12.0. The number of nitrogens with zero attached hydrogens (tertiary/aromatic N) is 2. The Morgan fingerprint density at radius 3 is 2.82 bits per heavy atom. The highest BCUT2D eigenvalue weighted by molar-refractivity contribution is 5.77. The number of nitrogens with two attached hydrogens (primary N) is 1. The van der Waals surface area contributed by atoms with Crippen LogP contribution < -0.4 is 5.73 Å². The Bertz CT molecular complexity index is 317. The molecule has 0 spiro atoms. The summed E-state index contributed by atoms with van der Waals surface area (Å²) in [5.74, 6) is 0.0102. The lowest BCUT2D eigenvalue weighted by Crippen LogP contribution is -2.48. The van der Waals surface area contributed by atoms with Gasteiger partial charge in [0.25, 0.3) is 0 Å². The quantitative estimate of drug-likeness (QED) is 0.761. The summed E-state index contributed by atoms with van der Waals surface area (Å²) in [4.78, 5) is 13.7. The van der Waals surface area contributed by atoms with Gasteiger partial charge in [0.15, 0.2) is 6.10 Å². The molecular weight excluding hydrogens is 218 g/mol. The summed E-state index contributed by atoms with van der Waals surface area (Å²) in [6.45, 7) is 7.38. The fourth-order valence-corrected chi connectivity index (χ4v) is 1.58. The molecule has 1 amide bonds. The van der Waals surface area contributed by atoms with Crippen LogP contribution in [0.5, 0.6) is 0 Å². The van der Waals surface area contributed by atoms with Gasteiger partial charge in [-0.25, -0.2) is 0 Å². The monoisotopic (exact) mass is 239 g/mol. The second kappa shape index (κ2) is 5.48. The van der Waals surface area contributed by atoms with E-state index in [2.05, 4.69) is 0 Å². The highest BCUT2D eigenvalue weighted by atomic mass is 16.5. The highest BCUT2D eigenvalue weighted by Crippen LogP contribution is 2.20. The first-order valence-electron chi connectivity index (χ1n) is 5.89. The van der Waals surface area contributed by atoms with Gasteiger partial charge in [-0.05, 0) is 5.41 Å². The maximum Gasteiger partial charge on any atom is 0.224 e. The van der Waals surface area contributed by atoms with Crippen molar-refractivity contribution < 1.29 is 9.53 Å². The Morgan fingerprint density at radius 1 is 1.65 bits per heavy atom. The van der Waals surface area contributed by atoms with Crippen molar-refractivity contribution in [2.75, 3.05) is 19.7 Å². The van der Waals surface area contributed by atoms with Crippen LogP contribution in [-0.4, -0.2) is 42.6 Å². The number of nitriles is 1. The van der Waals surface area contributed by atoms with Crippen molar-refractivity contribution in [3.8, 4) is 6.07 Å². The van der Waals surface area contributed by atoms with E-state index >= 15 is 0 Å². The topological polar surface area (TPSA) is 79.3 Å². The standard InChI is InChI=1S/C12H21N3O2/c1-12(2,3)10(14)6-11(16)15-4-5-17-9(7-13)8-15/h9-10H,4-6,8,14H2,1-3H3. The summed E-state index contributed by atoms with van der Waals surface area (Å²) in [5, 5.41) is 8.76. The number of amides is 1. The fourth-order valence-electron chi connectivity index (χ4n) is 1.58. The van der Waals surface area contributed by atoms with Gasteiger partial charge in [-0.1, -0.05) is 20.8 Å². The third-order valence-corrected chi connectivity index (χ3v) is 3.07. The molecule has 2 unspecified atom stereocenters. The van der Waals surface area contributed by atoms with E-state index in [1.54, 1.807) is 4.90 Å². The minimum atomic E-state index is -0.501. The first-order valence-corrected chi connectivity index (χ1v) is 5.89. The Morgan fingerprint density at radius 2 is 2.29 bits per heavy atom. The van der Waals surface area contributed by atoms with E-state index in [0.29, 0.717) is 26.1 Å². The molecule has 0 aromatic rings. The first kappa shape index (κ1) is 13.9. The molecule has 96 valence electrons. The lowest BCUT2D eigenvalue weighted by atomic mass is 9.85. The van der Waals surface area contributed by atoms with Gasteiger partial charge in [0.1, 0.15) is 0 Å². The van der Waals surface area contributed by atoms with Gasteiger partial charge in [0, 0.05) is 19.0 Å². The molecule has 1 aliphatic heterocycles. The molecule has 2 atom stereocenters. The van der Waals surface area contributed by atoms with Crippen molar-refractivity contribution in [2.24, 2.45) is 11.1 Å². The molecule has 5 nitrogen and oxygen atoms in total. The molecule has 0 aliphatic carbocycles.